The number of carboxylic acids is 1. The number of rotatable bonds is 6. The molecule has 0 saturated carbocycles. The van der Waals surface area contributed by atoms with Crippen LogP contribution < -0.4 is 5.32 Å². The molecule has 1 rings (SSSR count). The summed E-state index contributed by atoms with van der Waals surface area (Å²) >= 11 is 0. The van der Waals surface area contributed by atoms with Crippen molar-refractivity contribution in [3.8, 4) is 0 Å². The zero-order chi connectivity index (χ0) is 15.1. The largest absolute Gasteiger partial charge is 0.481 e. The van der Waals surface area contributed by atoms with Gasteiger partial charge in [-0.05, 0) is 37.5 Å². The molecule has 1 amide bonds. The Morgan fingerprint density at radius 2 is 2.05 bits per heavy atom. The number of carbonyl (C=O) groups is 2. The van der Waals surface area contributed by atoms with Crippen LogP contribution in [0.4, 0.5) is 0 Å². The van der Waals surface area contributed by atoms with Gasteiger partial charge in [-0.25, -0.2) is 0 Å². The van der Waals surface area contributed by atoms with Gasteiger partial charge in [0.2, 0.25) is 5.91 Å². The van der Waals surface area contributed by atoms with Crippen molar-refractivity contribution in [2.75, 3.05) is 6.54 Å². The first-order chi connectivity index (χ1) is 9.43. The van der Waals surface area contributed by atoms with Crippen molar-refractivity contribution in [3.05, 3.63) is 41.0 Å². The second-order valence-electron chi connectivity index (χ2n) is 4.88. The van der Waals surface area contributed by atoms with Crippen LogP contribution in [0.2, 0.25) is 0 Å². The van der Waals surface area contributed by atoms with E-state index < -0.39 is 11.9 Å². The Labute approximate surface area is 119 Å². The van der Waals surface area contributed by atoms with Crippen LogP contribution in [0.1, 0.15) is 30.0 Å². The molecule has 20 heavy (non-hydrogen) atoms. The van der Waals surface area contributed by atoms with Gasteiger partial charge >= 0.3 is 5.97 Å². The van der Waals surface area contributed by atoms with Gasteiger partial charge in [0.1, 0.15) is 0 Å². The topological polar surface area (TPSA) is 66.4 Å². The second kappa shape index (κ2) is 7.48. The molecule has 0 aromatic heterocycles. The average Bonchev–Trinajstić information content (AvgIpc) is 2.38. The van der Waals surface area contributed by atoms with Crippen LogP contribution in [-0.2, 0) is 9.59 Å². The molecule has 1 unspecified atom stereocenters. The molecule has 0 saturated heterocycles. The molecule has 0 fully saturated rings. The number of carboxylic acid groups (broad SMARTS) is 1. The van der Waals surface area contributed by atoms with Crippen LogP contribution >= 0.6 is 0 Å². The van der Waals surface area contributed by atoms with Crippen LogP contribution in [0.5, 0.6) is 0 Å². The van der Waals surface area contributed by atoms with E-state index in [4.69, 9.17) is 5.11 Å². The molecule has 108 valence electrons. The summed E-state index contributed by atoms with van der Waals surface area (Å²) < 4.78 is 0. The summed E-state index contributed by atoms with van der Waals surface area (Å²) in [5.41, 5.74) is 3.26. The predicted octanol–water partition coefficient (Wildman–Crippen LogP) is 2.54. The maximum absolute atomic E-state index is 11.6. The van der Waals surface area contributed by atoms with Gasteiger partial charge in [-0.2, -0.15) is 0 Å². The molecule has 0 aliphatic rings. The normalized spacial score (nSPS) is 12.3. The lowest BCUT2D eigenvalue weighted by atomic mass is 10.1. The van der Waals surface area contributed by atoms with E-state index in [2.05, 4.69) is 11.4 Å². The fraction of sp³-hybridized carbons (Fsp3) is 0.375. The van der Waals surface area contributed by atoms with Crippen LogP contribution in [0.25, 0.3) is 6.08 Å². The fourth-order valence-electron chi connectivity index (χ4n) is 1.87. The summed E-state index contributed by atoms with van der Waals surface area (Å²) in [7, 11) is 0. The smallest absolute Gasteiger partial charge is 0.308 e. The Hall–Kier alpha value is -2.10. The minimum atomic E-state index is -0.883. The average molecular weight is 275 g/mol. The lowest BCUT2D eigenvalue weighted by Gasteiger charge is -2.09. The van der Waals surface area contributed by atoms with Crippen LogP contribution in [-0.4, -0.2) is 23.5 Å². The molecular weight excluding hydrogens is 254 g/mol. The number of hydrogen-bond donors (Lipinski definition) is 2. The van der Waals surface area contributed by atoms with Crippen molar-refractivity contribution in [2.45, 2.75) is 27.2 Å². The molecule has 0 aliphatic heterocycles. The van der Waals surface area contributed by atoms with Crippen LogP contribution in [0, 0.1) is 19.8 Å². The van der Waals surface area contributed by atoms with Gasteiger partial charge in [0.25, 0.3) is 0 Å². The second-order valence-corrected chi connectivity index (χ2v) is 4.88. The number of carbonyl (C=O) groups excluding carboxylic acids is 1. The van der Waals surface area contributed by atoms with Gasteiger partial charge in [0.15, 0.2) is 0 Å². The minimum absolute atomic E-state index is 0.155. The Bertz CT molecular complexity index is 520. The van der Waals surface area contributed by atoms with E-state index >= 15 is 0 Å². The van der Waals surface area contributed by atoms with Crippen molar-refractivity contribution < 1.29 is 14.7 Å². The standard InChI is InChI=1S/C16H21NO3/c1-4-13(16(19)20)10-17-15(18)8-7-14-6-5-11(2)9-12(14)3/h5-9,13H,4,10H2,1-3H3,(H,17,18)(H,19,20). The Kier molecular flexibility index (Phi) is 5.97. The van der Waals surface area contributed by atoms with E-state index in [0.29, 0.717) is 6.42 Å². The number of amides is 1. The number of aryl methyl sites for hydroxylation is 2. The van der Waals surface area contributed by atoms with Gasteiger partial charge in [0.05, 0.1) is 5.92 Å². The number of nitrogens with one attached hydrogen (secondary N) is 1. The van der Waals surface area contributed by atoms with E-state index in [1.807, 2.05) is 26.0 Å². The SMILES string of the molecule is CCC(CNC(=O)C=Cc1ccc(C)cc1C)C(=O)O. The maximum atomic E-state index is 11.6. The van der Waals surface area contributed by atoms with Gasteiger partial charge in [0, 0.05) is 12.6 Å². The first kappa shape index (κ1) is 16.0. The Balaban J connectivity index is 2.57. The van der Waals surface area contributed by atoms with Gasteiger partial charge in [-0.3, -0.25) is 9.59 Å². The Morgan fingerprint density at radius 3 is 2.60 bits per heavy atom. The van der Waals surface area contributed by atoms with Gasteiger partial charge < -0.3 is 10.4 Å². The van der Waals surface area contributed by atoms with Gasteiger partial charge in [-0.15, -0.1) is 0 Å². The summed E-state index contributed by atoms with van der Waals surface area (Å²) in [4.78, 5) is 22.5. The number of hydrogen-bond acceptors (Lipinski definition) is 2. The minimum Gasteiger partial charge on any atom is -0.481 e. The highest BCUT2D eigenvalue weighted by Crippen LogP contribution is 2.12. The van der Waals surface area contributed by atoms with Crippen molar-refractivity contribution in [2.24, 2.45) is 5.92 Å². The van der Waals surface area contributed by atoms with E-state index in [1.165, 1.54) is 11.6 Å². The zero-order valence-electron chi connectivity index (χ0n) is 12.1. The highest BCUT2D eigenvalue weighted by Gasteiger charge is 2.14. The number of benzene rings is 1. The summed E-state index contributed by atoms with van der Waals surface area (Å²) in [6.07, 6.45) is 3.68. The lowest BCUT2D eigenvalue weighted by molar-refractivity contribution is -0.141. The zero-order valence-corrected chi connectivity index (χ0v) is 12.1. The maximum Gasteiger partial charge on any atom is 0.308 e. The molecule has 0 bridgehead atoms. The quantitative estimate of drug-likeness (QED) is 0.784. The summed E-state index contributed by atoms with van der Waals surface area (Å²) in [5, 5.41) is 11.5. The van der Waals surface area contributed by atoms with E-state index in [-0.39, 0.29) is 12.5 Å². The van der Waals surface area contributed by atoms with Crippen LogP contribution in [0.3, 0.4) is 0 Å². The summed E-state index contributed by atoms with van der Waals surface area (Å²) in [6, 6.07) is 6.00. The lowest BCUT2D eigenvalue weighted by Crippen LogP contribution is -2.31. The highest BCUT2D eigenvalue weighted by atomic mass is 16.4. The first-order valence-corrected chi connectivity index (χ1v) is 6.70. The molecule has 4 heteroatoms. The summed E-state index contributed by atoms with van der Waals surface area (Å²) in [6.45, 7) is 5.95. The molecule has 4 nitrogen and oxygen atoms in total. The van der Waals surface area contributed by atoms with E-state index in [9.17, 15) is 9.59 Å². The monoisotopic (exact) mass is 275 g/mol. The van der Waals surface area contributed by atoms with Crippen molar-refractivity contribution >= 4 is 18.0 Å². The third-order valence-corrected chi connectivity index (χ3v) is 3.20. The Morgan fingerprint density at radius 1 is 1.35 bits per heavy atom. The molecule has 1 atom stereocenters. The van der Waals surface area contributed by atoms with Crippen LogP contribution in [0.15, 0.2) is 24.3 Å². The molecule has 1 aromatic rings. The first-order valence-electron chi connectivity index (χ1n) is 6.70. The summed E-state index contributed by atoms with van der Waals surface area (Å²) in [5.74, 6) is -1.69. The van der Waals surface area contributed by atoms with E-state index in [0.717, 1.165) is 11.1 Å². The molecule has 0 radical (unpaired) electrons. The van der Waals surface area contributed by atoms with Crippen molar-refractivity contribution in [3.63, 3.8) is 0 Å². The predicted molar refractivity (Wildman–Crippen MR) is 79.4 cm³/mol. The third kappa shape index (κ3) is 4.88. The fourth-order valence-corrected chi connectivity index (χ4v) is 1.87. The molecule has 0 heterocycles. The molecule has 2 N–H and O–H groups in total. The highest BCUT2D eigenvalue weighted by molar-refractivity contribution is 5.92. The van der Waals surface area contributed by atoms with Crippen molar-refractivity contribution in [1.82, 2.24) is 5.32 Å². The number of aliphatic carboxylic acids is 1. The van der Waals surface area contributed by atoms with Gasteiger partial charge in [-0.1, -0.05) is 30.7 Å². The molecule has 0 spiro atoms. The molecule has 0 aliphatic carbocycles. The third-order valence-electron chi connectivity index (χ3n) is 3.20. The van der Waals surface area contributed by atoms with Crippen molar-refractivity contribution in [1.29, 1.82) is 0 Å². The molecular formula is C16H21NO3. The van der Waals surface area contributed by atoms with E-state index in [1.54, 1.807) is 13.0 Å². The molecule has 1 aromatic carbocycles.